The number of hydrogen-bond acceptors (Lipinski definition) is 5. The Hall–Kier alpha value is -1.69. The molecule has 14 heavy (non-hydrogen) atoms. The fraction of sp³-hybridized carbons (Fsp3) is 0.375. The van der Waals surface area contributed by atoms with Gasteiger partial charge in [0.15, 0.2) is 5.82 Å². The molecule has 2 aromatic rings. The van der Waals surface area contributed by atoms with E-state index in [2.05, 4.69) is 15.1 Å². The summed E-state index contributed by atoms with van der Waals surface area (Å²) < 4.78 is 6.78. The third-order valence-corrected chi connectivity index (χ3v) is 1.85. The van der Waals surface area contributed by atoms with E-state index in [1.165, 1.54) is 0 Å². The molecule has 0 spiro atoms. The number of hydrogen-bond donors (Lipinski definition) is 1. The molecule has 0 radical (unpaired) electrons. The zero-order valence-electron chi connectivity index (χ0n) is 8.01. The van der Waals surface area contributed by atoms with Gasteiger partial charge in [-0.05, 0) is 6.92 Å². The van der Waals surface area contributed by atoms with Crippen LogP contribution in [0.15, 0.2) is 16.9 Å². The minimum absolute atomic E-state index is 0.253. The molecule has 0 aliphatic rings. The number of nitrogens with two attached hydrogens (primary N) is 1. The molecule has 2 N–H and O–H groups in total. The summed E-state index contributed by atoms with van der Waals surface area (Å²) >= 11 is 0. The van der Waals surface area contributed by atoms with Crippen LogP contribution in [-0.4, -0.2) is 19.7 Å². The highest BCUT2D eigenvalue weighted by molar-refractivity contribution is 5.42. The molecule has 2 rings (SSSR count). The molecule has 6 nitrogen and oxygen atoms in total. The van der Waals surface area contributed by atoms with Gasteiger partial charge < -0.3 is 14.8 Å². The molecule has 2 aromatic heterocycles. The van der Waals surface area contributed by atoms with Gasteiger partial charge in [0.25, 0.3) is 0 Å². The van der Waals surface area contributed by atoms with Crippen molar-refractivity contribution in [3.8, 4) is 11.6 Å². The van der Waals surface area contributed by atoms with Crippen molar-refractivity contribution in [2.24, 2.45) is 12.8 Å². The monoisotopic (exact) mass is 193 g/mol. The average Bonchev–Trinajstić information content (AvgIpc) is 2.71. The van der Waals surface area contributed by atoms with E-state index in [9.17, 15) is 0 Å². The van der Waals surface area contributed by atoms with E-state index in [1.54, 1.807) is 13.1 Å². The van der Waals surface area contributed by atoms with Crippen molar-refractivity contribution < 1.29 is 4.52 Å². The molecule has 0 bridgehead atoms. The van der Waals surface area contributed by atoms with Gasteiger partial charge in [-0.3, -0.25) is 0 Å². The number of imidazole rings is 1. The zero-order chi connectivity index (χ0) is 10.1. The summed E-state index contributed by atoms with van der Waals surface area (Å²) in [6.45, 7) is 1.79. The number of nitrogens with zero attached hydrogens (tertiary/aromatic N) is 4. The van der Waals surface area contributed by atoms with Crippen LogP contribution in [0.1, 0.15) is 18.9 Å². The summed E-state index contributed by atoms with van der Waals surface area (Å²) in [5.41, 5.74) is 5.60. The van der Waals surface area contributed by atoms with Gasteiger partial charge >= 0.3 is 0 Å². The van der Waals surface area contributed by atoms with Gasteiger partial charge in [0.1, 0.15) is 0 Å². The van der Waals surface area contributed by atoms with Crippen LogP contribution in [0.4, 0.5) is 0 Å². The van der Waals surface area contributed by atoms with Gasteiger partial charge in [0, 0.05) is 19.4 Å². The Bertz CT molecular complexity index is 430. The topological polar surface area (TPSA) is 82.8 Å². The third kappa shape index (κ3) is 1.39. The average molecular weight is 193 g/mol. The molecular weight excluding hydrogens is 182 g/mol. The number of aryl methyl sites for hydroxylation is 1. The molecule has 0 amide bonds. The second-order valence-corrected chi connectivity index (χ2v) is 3.11. The van der Waals surface area contributed by atoms with Crippen molar-refractivity contribution in [3.05, 3.63) is 18.3 Å². The quantitative estimate of drug-likeness (QED) is 0.750. The first-order chi connectivity index (χ1) is 6.68. The fourth-order valence-corrected chi connectivity index (χ4v) is 1.09. The molecule has 0 fully saturated rings. The molecule has 0 aromatic carbocycles. The summed E-state index contributed by atoms with van der Waals surface area (Å²) in [5, 5.41) is 3.79. The summed E-state index contributed by atoms with van der Waals surface area (Å²) in [4.78, 5) is 8.22. The SMILES string of the molecule is C[C@H](N)c1nc(-c2nccn2C)no1. The highest BCUT2D eigenvalue weighted by Crippen LogP contribution is 2.14. The van der Waals surface area contributed by atoms with Gasteiger partial charge in [-0.25, -0.2) is 4.98 Å². The van der Waals surface area contributed by atoms with Crippen LogP contribution >= 0.6 is 0 Å². The van der Waals surface area contributed by atoms with E-state index >= 15 is 0 Å². The first kappa shape index (κ1) is 8.89. The van der Waals surface area contributed by atoms with Crippen LogP contribution in [0, 0.1) is 0 Å². The van der Waals surface area contributed by atoms with E-state index in [-0.39, 0.29) is 6.04 Å². The molecule has 74 valence electrons. The summed E-state index contributed by atoms with van der Waals surface area (Å²) in [5.74, 6) is 1.55. The molecule has 2 heterocycles. The fourth-order valence-electron chi connectivity index (χ4n) is 1.09. The zero-order valence-corrected chi connectivity index (χ0v) is 8.01. The van der Waals surface area contributed by atoms with Crippen molar-refractivity contribution >= 4 is 0 Å². The van der Waals surface area contributed by atoms with Gasteiger partial charge in [-0.1, -0.05) is 5.16 Å². The first-order valence-electron chi connectivity index (χ1n) is 4.25. The number of rotatable bonds is 2. The van der Waals surface area contributed by atoms with Crippen LogP contribution in [0.25, 0.3) is 11.6 Å². The third-order valence-electron chi connectivity index (χ3n) is 1.85. The van der Waals surface area contributed by atoms with E-state index in [1.807, 2.05) is 17.8 Å². The smallest absolute Gasteiger partial charge is 0.243 e. The molecule has 0 saturated carbocycles. The van der Waals surface area contributed by atoms with E-state index in [0.717, 1.165) is 0 Å². The minimum Gasteiger partial charge on any atom is -0.337 e. The standard InChI is InChI=1S/C8H11N5O/c1-5(9)8-11-6(12-14-8)7-10-3-4-13(7)2/h3-5H,9H2,1-2H3/t5-/m0/s1. The van der Waals surface area contributed by atoms with Crippen LogP contribution < -0.4 is 5.73 Å². The molecule has 0 aliphatic heterocycles. The largest absolute Gasteiger partial charge is 0.337 e. The van der Waals surface area contributed by atoms with Crippen LogP contribution in [0.3, 0.4) is 0 Å². The molecular formula is C8H11N5O. The summed E-state index contributed by atoms with van der Waals surface area (Å²) in [6.07, 6.45) is 3.49. The lowest BCUT2D eigenvalue weighted by atomic mass is 10.4. The molecule has 0 unspecified atom stereocenters. The Labute approximate surface area is 80.7 Å². The number of aromatic nitrogens is 4. The predicted molar refractivity (Wildman–Crippen MR) is 49.1 cm³/mol. The van der Waals surface area contributed by atoms with Gasteiger partial charge in [0.2, 0.25) is 11.7 Å². The lowest BCUT2D eigenvalue weighted by molar-refractivity contribution is 0.361. The maximum Gasteiger partial charge on any atom is 0.243 e. The molecule has 0 aliphatic carbocycles. The van der Waals surface area contributed by atoms with E-state index < -0.39 is 0 Å². The Morgan fingerprint density at radius 3 is 2.86 bits per heavy atom. The van der Waals surface area contributed by atoms with Crippen molar-refractivity contribution in [3.63, 3.8) is 0 Å². The Morgan fingerprint density at radius 1 is 1.57 bits per heavy atom. The molecule has 0 saturated heterocycles. The molecule has 6 heteroatoms. The Morgan fingerprint density at radius 2 is 2.36 bits per heavy atom. The van der Waals surface area contributed by atoms with Crippen molar-refractivity contribution in [2.75, 3.05) is 0 Å². The van der Waals surface area contributed by atoms with Crippen molar-refractivity contribution in [1.82, 2.24) is 19.7 Å². The van der Waals surface area contributed by atoms with E-state index in [4.69, 9.17) is 10.3 Å². The van der Waals surface area contributed by atoms with Crippen molar-refractivity contribution in [1.29, 1.82) is 0 Å². The Kier molecular flexibility index (Phi) is 2.05. The maximum absolute atomic E-state index is 5.60. The van der Waals surface area contributed by atoms with Crippen LogP contribution in [0.2, 0.25) is 0 Å². The molecule has 1 atom stereocenters. The van der Waals surface area contributed by atoms with Gasteiger partial charge in [-0.2, -0.15) is 4.98 Å². The highest BCUT2D eigenvalue weighted by atomic mass is 16.5. The normalized spacial score (nSPS) is 13.1. The summed E-state index contributed by atoms with van der Waals surface area (Å²) in [7, 11) is 1.87. The van der Waals surface area contributed by atoms with E-state index in [0.29, 0.717) is 17.5 Å². The van der Waals surface area contributed by atoms with Gasteiger partial charge in [0.05, 0.1) is 6.04 Å². The predicted octanol–water partition coefficient (Wildman–Crippen LogP) is 0.490. The minimum atomic E-state index is -0.253. The van der Waals surface area contributed by atoms with Crippen LogP contribution in [0.5, 0.6) is 0 Å². The lowest BCUT2D eigenvalue weighted by Crippen LogP contribution is -2.05. The second kappa shape index (κ2) is 3.22. The van der Waals surface area contributed by atoms with Crippen LogP contribution in [-0.2, 0) is 7.05 Å². The first-order valence-corrected chi connectivity index (χ1v) is 4.25. The summed E-state index contributed by atoms with van der Waals surface area (Å²) in [6, 6.07) is -0.253. The van der Waals surface area contributed by atoms with Gasteiger partial charge in [-0.15, -0.1) is 0 Å². The highest BCUT2D eigenvalue weighted by Gasteiger charge is 2.14. The Balaban J connectivity index is 2.39. The maximum atomic E-state index is 5.60. The van der Waals surface area contributed by atoms with Crippen molar-refractivity contribution in [2.45, 2.75) is 13.0 Å². The lowest BCUT2D eigenvalue weighted by Gasteiger charge is -1.94. The second-order valence-electron chi connectivity index (χ2n) is 3.11.